The van der Waals surface area contributed by atoms with Crippen LogP contribution in [-0.4, -0.2) is 34.4 Å². The van der Waals surface area contributed by atoms with Crippen molar-refractivity contribution in [1.82, 2.24) is 10.3 Å². The van der Waals surface area contributed by atoms with Crippen molar-refractivity contribution < 1.29 is 19.5 Å². The molecule has 0 bridgehead atoms. The van der Waals surface area contributed by atoms with Gasteiger partial charge >= 0.3 is 5.97 Å². The lowest BCUT2D eigenvalue weighted by Gasteiger charge is -2.07. The molecule has 0 atom stereocenters. The standard InChI is InChI=1S/C18H21N3O4S/c1-12-20-15(11-26-12)3-2-4-16(22)21-14-7-5-13(6-8-14)18(25)19-10-9-17(23)24/h5-8,11H,2-4,9-10H2,1H3,(H,19,25)(H,21,22)(H,23,24). The minimum absolute atomic E-state index is 0.0746. The predicted octanol–water partition coefficient (Wildman–Crippen LogP) is 2.62. The van der Waals surface area contributed by atoms with Crippen LogP contribution in [0.5, 0.6) is 0 Å². The molecule has 3 N–H and O–H groups in total. The van der Waals surface area contributed by atoms with Crippen molar-refractivity contribution in [2.45, 2.75) is 32.6 Å². The minimum Gasteiger partial charge on any atom is -0.481 e. The Hall–Kier alpha value is -2.74. The van der Waals surface area contributed by atoms with E-state index in [0.29, 0.717) is 17.7 Å². The minimum atomic E-state index is -0.965. The molecule has 0 radical (unpaired) electrons. The van der Waals surface area contributed by atoms with Crippen molar-refractivity contribution in [3.8, 4) is 0 Å². The fourth-order valence-electron chi connectivity index (χ4n) is 2.27. The van der Waals surface area contributed by atoms with Gasteiger partial charge < -0.3 is 15.7 Å². The summed E-state index contributed by atoms with van der Waals surface area (Å²) in [6.07, 6.45) is 1.76. The lowest BCUT2D eigenvalue weighted by Crippen LogP contribution is -2.25. The monoisotopic (exact) mass is 375 g/mol. The first kappa shape index (κ1) is 19.6. The zero-order chi connectivity index (χ0) is 18.9. The third-order valence-electron chi connectivity index (χ3n) is 3.56. The largest absolute Gasteiger partial charge is 0.481 e. The molecule has 0 aliphatic rings. The summed E-state index contributed by atoms with van der Waals surface area (Å²) in [4.78, 5) is 38.6. The van der Waals surface area contributed by atoms with Gasteiger partial charge in [-0.15, -0.1) is 11.3 Å². The maximum atomic E-state index is 12.0. The molecule has 0 saturated carbocycles. The molecule has 1 heterocycles. The van der Waals surface area contributed by atoms with E-state index < -0.39 is 5.97 Å². The second-order valence-electron chi connectivity index (χ2n) is 5.74. The van der Waals surface area contributed by atoms with E-state index in [1.54, 1.807) is 35.6 Å². The first-order valence-corrected chi connectivity index (χ1v) is 9.13. The molecule has 26 heavy (non-hydrogen) atoms. The molecular weight excluding hydrogens is 354 g/mol. The number of rotatable bonds is 9. The van der Waals surface area contributed by atoms with Gasteiger partial charge in [0.15, 0.2) is 0 Å². The SMILES string of the molecule is Cc1nc(CCCC(=O)Nc2ccc(C(=O)NCCC(=O)O)cc2)cs1. The number of carbonyl (C=O) groups excluding carboxylic acids is 2. The van der Waals surface area contributed by atoms with E-state index in [1.165, 1.54) is 0 Å². The van der Waals surface area contributed by atoms with Gasteiger partial charge in [-0.3, -0.25) is 14.4 Å². The highest BCUT2D eigenvalue weighted by molar-refractivity contribution is 7.09. The van der Waals surface area contributed by atoms with Crippen molar-refractivity contribution in [2.75, 3.05) is 11.9 Å². The van der Waals surface area contributed by atoms with Crippen LogP contribution < -0.4 is 10.6 Å². The molecule has 7 nitrogen and oxygen atoms in total. The maximum absolute atomic E-state index is 12.0. The number of aryl methyl sites for hydroxylation is 2. The fraction of sp³-hybridized carbons (Fsp3) is 0.333. The fourth-order valence-corrected chi connectivity index (χ4v) is 2.91. The van der Waals surface area contributed by atoms with Gasteiger partial charge in [0.05, 0.1) is 17.1 Å². The molecule has 0 fully saturated rings. The van der Waals surface area contributed by atoms with Gasteiger partial charge in [-0.2, -0.15) is 0 Å². The molecule has 2 rings (SSSR count). The van der Waals surface area contributed by atoms with E-state index in [1.807, 2.05) is 12.3 Å². The first-order valence-electron chi connectivity index (χ1n) is 8.25. The van der Waals surface area contributed by atoms with Crippen molar-refractivity contribution >= 4 is 34.8 Å². The lowest BCUT2D eigenvalue weighted by atomic mass is 10.1. The van der Waals surface area contributed by atoms with Crippen LogP contribution in [0.25, 0.3) is 0 Å². The number of nitrogens with zero attached hydrogens (tertiary/aromatic N) is 1. The Labute approximate surface area is 155 Å². The molecule has 2 aromatic rings. The van der Waals surface area contributed by atoms with Crippen LogP contribution in [0.15, 0.2) is 29.6 Å². The van der Waals surface area contributed by atoms with Crippen molar-refractivity contribution in [3.63, 3.8) is 0 Å². The molecule has 1 aromatic heterocycles. The van der Waals surface area contributed by atoms with Gasteiger partial charge in [-0.05, 0) is 44.0 Å². The maximum Gasteiger partial charge on any atom is 0.305 e. The summed E-state index contributed by atoms with van der Waals surface area (Å²) < 4.78 is 0. The van der Waals surface area contributed by atoms with Crippen LogP contribution >= 0.6 is 11.3 Å². The number of anilines is 1. The number of carbonyl (C=O) groups is 3. The van der Waals surface area contributed by atoms with Crippen LogP contribution in [-0.2, 0) is 16.0 Å². The summed E-state index contributed by atoms with van der Waals surface area (Å²) in [7, 11) is 0. The Kier molecular flexibility index (Phi) is 7.28. The summed E-state index contributed by atoms with van der Waals surface area (Å²) in [5.41, 5.74) is 2.03. The van der Waals surface area contributed by atoms with E-state index in [-0.39, 0.29) is 24.8 Å². The van der Waals surface area contributed by atoms with E-state index in [4.69, 9.17) is 5.11 Å². The number of amides is 2. The highest BCUT2D eigenvalue weighted by Gasteiger charge is 2.08. The Morgan fingerprint density at radius 1 is 1.15 bits per heavy atom. The normalized spacial score (nSPS) is 10.3. The number of carboxylic acids is 1. The zero-order valence-corrected chi connectivity index (χ0v) is 15.3. The number of carboxylic acid groups (broad SMARTS) is 1. The van der Waals surface area contributed by atoms with Crippen molar-refractivity contribution in [1.29, 1.82) is 0 Å². The molecule has 0 spiro atoms. The third kappa shape index (κ3) is 6.64. The second kappa shape index (κ2) is 9.67. The van der Waals surface area contributed by atoms with Gasteiger partial charge in [0.1, 0.15) is 0 Å². The quantitative estimate of drug-likeness (QED) is 0.624. The van der Waals surface area contributed by atoms with E-state index >= 15 is 0 Å². The number of benzene rings is 1. The molecule has 1 aromatic carbocycles. The van der Waals surface area contributed by atoms with Gasteiger partial charge in [-0.1, -0.05) is 0 Å². The van der Waals surface area contributed by atoms with Gasteiger partial charge in [0.2, 0.25) is 5.91 Å². The third-order valence-corrected chi connectivity index (χ3v) is 4.38. The average molecular weight is 375 g/mol. The number of aromatic nitrogens is 1. The second-order valence-corrected chi connectivity index (χ2v) is 6.80. The van der Waals surface area contributed by atoms with Gasteiger partial charge in [0.25, 0.3) is 5.91 Å². The molecule has 0 aliphatic heterocycles. The number of thiazole rings is 1. The van der Waals surface area contributed by atoms with Crippen LogP contribution in [0, 0.1) is 6.92 Å². The topological polar surface area (TPSA) is 108 Å². The summed E-state index contributed by atoms with van der Waals surface area (Å²) in [6.45, 7) is 2.03. The summed E-state index contributed by atoms with van der Waals surface area (Å²) in [5.74, 6) is -1.40. The molecule has 0 aliphatic carbocycles. The number of hydrogen-bond donors (Lipinski definition) is 3. The van der Waals surface area contributed by atoms with Crippen LogP contribution in [0.2, 0.25) is 0 Å². The average Bonchev–Trinajstić information content (AvgIpc) is 3.00. The molecule has 0 unspecified atom stereocenters. The highest BCUT2D eigenvalue weighted by atomic mass is 32.1. The molecule has 0 saturated heterocycles. The van der Waals surface area contributed by atoms with E-state index in [2.05, 4.69) is 15.6 Å². The summed E-state index contributed by atoms with van der Waals surface area (Å²) in [5, 5.41) is 16.9. The van der Waals surface area contributed by atoms with Crippen molar-refractivity contribution in [3.05, 3.63) is 45.9 Å². The first-order chi connectivity index (χ1) is 12.4. The highest BCUT2D eigenvalue weighted by Crippen LogP contribution is 2.13. The van der Waals surface area contributed by atoms with Crippen LogP contribution in [0.1, 0.15) is 40.3 Å². The van der Waals surface area contributed by atoms with Crippen molar-refractivity contribution in [2.24, 2.45) is 0 Å². The number of aliphatic carboxylic acids is 1. The lowest BCUT2D eigenvalue weighted by molar-refractivity contribution is -0.136. The Balaban J connectivity index is 1.74. The van der Waals surface area contributed by atoms with E-state index in [0.717, 1.165) is 23.5 Å². The summed E-state index contributed by atoms with van der Waals surface area (Å²) in [6, 6.07) is 6.47. The van der Waals surface area contributed by atoms with E-state index in [9.17, 15) is 14.4 Å². The predicted molar refractivity (Wildman–Crippen MR) is 99.4 cm³/mol. The number of nitrogens with one attached hydrogen (secondary N) is 2. The number of hydrogen-bond acceptors (Lipinski definition) is 5. The zero-order valence-electron chi connectivity index (χ0n) is 14.4. The smallest absolute Gasteiger partial charge is 0.305 e. The molecule has 8 heteroatoms. The van der Waals surface area contributed by atoms with Crippen LogP contribution in [0.3, 0.4) is 0 Å². The summed E-state index contributed by atoms with van der Waals surface area (Å²) >= 11 is 1.60. The van der Waals surface area contributed by atoms with Gasteiger partial charge in [0, 0.05) is 29.6 Å². The molecule has 138 valence electrons. The van der Waals surface area contributed by atoms with Gasteiger partial charge in [-0.25, -0.2) is 4.98 Å². The Morgan fingerprint density at radius 2 is 1.88 bits per heavy atom. The van der Waals surface area contributed by atoms with Crippen LogP contribution in [0.4, 0.5) is 5.69 Å². The Bertz CT molecular complexity index is 771. The molecule has 2 amide bonds. The molecular formula is C18H21N3O4S. The Morgan fingerprint density at radius 3 is 2.50 bits per heavy atom.